The second-order valence-electron chi connectivity index (χ2n) is 15.4. The van der Waals surface area contributed by atoms with Crippen molar-refractivity contribution in [2.75, 3.05) is 47.5 Å². The Morgan fingerprint density at radius 1 is 0.588 bits per heavy atom. The predicted octanol–water partition coefficient (Wildman–Crippen LogP) is 10.8. The van der Waals surface area contributed by atoms with E-state index in [0.29, 0.717) is 17.4 Å². The van der Waals surface area contributed by atoms with Crippen molar-refractivity contribution in [1.29, 1.82) is 0 Å². The first-order valence-corrected chi connectivity index (χ1v) is 22.4. The van der Waals surface area contributed by atoms with E-state index in [1.54, 1.807) is 0 Å². The van der Waals surface area contributed by atoms with E-state index in [1.807, 2.05) is 21.1 Å². The fraction of sp³-hybridized carbons (Fsp3) is 0.902. The molecular formula is C41H80NO8P. The Morgan fingerprint density at radius 2 is 1.02 bits per heavy atom. The van der Waals surface area contributed by atoms with Crippen LogP contribution >= 0.6 is 7.82 Å². The van der Waals surface area contributed by atoms with E-state index in [4.69, 9.17) is 18.5 Å². The average molecular weight is 746 g/mol. The molecule has 0 rings (SSSR count). The summed E-state index contributed by atoms with van der Waals surface area (Å²) < 4.78 is 33.8. The zero-order chi connectivity index (χ0) is 37.9. The minimum Gasteiger partial charge on any atom is -0.756 e. The molecule has 0 amide bonds. The van der Waals surface area contributed by atoms with Crippen molar-refractivity contribution in [2.45, 2.75) is 193 Å². The molecule has 2 atom stereocenters. The second kappa shape index (κ2) is 34.5. The van der Waals surface area contributed by atoms with Gasteiger partial charge in [-0.05, 0) is 32.1 Å². The van der Waals surface area contributed by atoms with Crippen LogP contribution in [0.2, 0.25) is 0 Å². The van der Waals surface area contributed by atoms with Crippen LogP contribution in [-0.2, 0) is 32.7 Å². The van der Waals surface area contributed by atoms with Gasteiger partial charge in [-0.25, -0.2) is 0 Å². The maximum absolute atomic E-state index is 12.6. The van der Waals surface area contributed by atoms with Crippen molar-refractivity contribution in [2.24, 2.45) is 0 Å². The van der Waals surface area contributed by atoms with Gasteiger partial charge in [0.1, 0.15) is 19.8 Å². The van der Waals surface area contributed by atoms with Crippen LogP contribution in [0.1, 0.15) is 187 Å². The maximum atomic E-state index is 12.6. The van der Waals surface area contributed by atoms with Gasteiger partial charge in [0.2, 0.25) is 0 Å². The number of hydrogen-bond donors (Lipinski definition) is 0. The van der Waals surface area contributed by atoms with Crippen molar-refractivity contribution in [3.8, 4) is 0 Å². The average Bonchev–Trinajstić information content (AvgIpc) is 3.07. The summed E-state index contributed by atoms with van der Waals surface area (Å²) in [5.41, 5.74) is 0. The SMILES string of the molecule is CCCC/C=C\CCCCCCCC(=O)OC(COC(=O)CCCCCCCCCCCCCCCCCC)COP(=O)([O-])OCC[N+](C)(C)C. The number of allylic oxidation sites excluding steroid dienone is 2. The topological polar surface area (TPSA) is 111 Å². The predicted molar refractivity (Wildman–Crippen MR) is 208 cm³/mol. The molecule has 0 aromatic rings. The first-order chi connectivity index (χ1) is 24.5. The van der Waals surface area contributed by atoms with Crippen molar-refractivity contribution in [3.63, 3.8) is 0 Å². The first kappa shape index (κ1) is 49.8. The number of carbonyl (C=O) groups excluding carboxylic acids is 2. The van der Waals surface area contributed by atoms with Crippen molar-refractivity contribution in [1.82, 2.24) is 0 Å². The van der Waals surface area contributed by atoms with E-state index in [9.17, 15) is 19.0 Å². The summed E-state index contributed by atoms with van der Waals surface area (Å²) in [5, 5.41) is 0. The Kier molecular flexibility index (Phi) is 33.7. The maximum Gasteiger partial charge on any atom is 0.306 e. The first-order valence-electron chi connectivity index (χ1n) is 20.9. The lowest BCUT2D eigenvalue weighted by Crippen LogP contribution is -2.37. The number of ether oxygens (including phenoxy) is 2. The van der Waals surface area contributed by atoms with E-state index >= 15 is 0 Å². The highest BCUT2D eigenvalue weighted by molar-refractivity contribution is 7.45. The molecular weight excluding hydrogens is 665 g/mol. The van der Waals surface area contributed by atoms with Crippen LogP contribution in [0.4, 0.5) is 0 Å². The highest BCUT2D eigenvalue weighted by Gasteiger charge is 2.21. The van der Waals surface area contributed by atoms with Gasteiger partial charge in [0, 0.05) is 12.8 Å². The monoisotopic (exact) mass is 746 g/mol. The smallest absolute Gasteiger partial charge is 0.306 e. The van der Waals surface area contributed by atoms with E-state index in [2.05, 4.69) is 26.0 Å². The molecule has 302 valence electrons. The van der Waals surface area contributed by atoms with Crippen LogP contribution in [0, 0.1) is 0 Å². The number of quaternary nitrogens is 1. The lowest BCUT2D eigenvalue weighted by atomic mass is 10.0. The summed E-state index contributed by atoms with van der Waals surface area (Å²) in [6.07, 6.45) is 33.8. The number of rotatable bonds is 38. The van der Waals surface area contributed by atoms with Crippen LogP contribution in [0.3, 0.4) is 0 Å². The van der Waals surface area contributed by atoms with Gasteiger partial charge in [-0.1, -0.05) is 154 Å². The van der Waals surface area contributed by atoms with Gasteiger partial charge >= 0.3 is 11.9 Å². The highest BCUT2D eigenvalue weighted by Crippen LogP contribution is 2.38. The number of carbonyl (C=O) groups is 2. The number of hydrogen-bond acceptors (Lipinski definition) is 8. The fourth-order valence-corrected chi connectivity index (χ4v) is 6.42. The highest BCUT2D eigenvalue weighted by atomic mass is 31.2. The minimum atomic E-state index is -4.62. The second-order valence-corrected chi connectivity index (χ2v) is 16.8. The third-order valence-corrected chi connectivity index (χ3v) is 10.00. The van der Waals surface area contributed by atoms with Gasteiger partial charge in [-0.15, -0.1) is 0 Å². The quantitative estimate of drug-likeness (QED) is 0.0202. The number of nitrogens with zero attached hydrogens (tertiary/aromatic N) is 1. The summed E-state index contributed by atoms with van der Waals surface area (Å²) in [6, 6.07) is 0. The molecule has 0 aliphatic rings. The normalized spacial score (nSPS) is 13.8. The third-order valence-electron chi connectivity index (χ3n) is 9.04. The molecule has 10 heteroatoms. The van der Waals surface area contributed by atoms with Crippen LogP contribution in [0.5, 0.6) is 0 Å². The molecule has 2 unspecified atom stereocenters. The minimum absolute atomic E-state index is 0.0296. The zero-order valence-electron chi connectivity index (χ0n) is 33.8. The van der Waals surface area contributed by atoms with Gasteiger partial charge in [-0.3, -0.25) is 14.2 Å². The molecule has 0 bridgehead atoms. The molecule has 0 saturated carbocycles. The Labute approximate surface area is 314 Å². The fourth-order valence-electron chi connectivity index (χ4n) is 5.69. The molecule has 0 aliphatic carbocycles. The molecule has 0 aliphatic heterocycles. The van der Waals surface area contributed by atoms with Gasteiger partial charge in [-0.2, -0.15) is 0 Å². The molecule has 0 spiro atoms. The number of phosphoric acid groups is 1. The molecule has 0 N–H and O–H groups in total. The number of phosphoric ester groups is 1. The van der Waals surface area contributed by atoms with Gasteiger partial charge in [0.05, 0.1) is 27.7 Å². The lowest BCUT2D eigenvalue weighted by molar-refractivity contribution is -0.870. The molecule has 0 aromatic carbocycles. The number of unbranched alkanes of at least 4 members (excludes halogenated alkanes) is 22. The summed E-state index contributed by atoms with van der Waals surface area (Å²) in [4.78, 5) is 37.4. The lowest BCUT2D eigenvalue weighted by Gasteiger charge is -2.28. The van der Waals surface area contributed by atoms with Crippen molar-refractivity contribution in [3.05, 3.63) is 12.2 Å². The number of esters is 2. The third kappa shape index (κ3) is 38.3. The molecule has 0 radical (unpaired) electrons. The Hall–Kier alpha value is -1.25. The molecule has 9 nitrogen and oxygen atoms in total. The summed E-state index contributed by atoms with van der Waals surface area (Å²) in [6.45, 7) is 4.19. The van der Waals surface area contributed by atoms with E-state index < -0.39 is 26.5 Å². The van der Waals surface area contributed by atoms with Crippen LogP contribution in [0.15, 0.2) is 12.2 Å². The Morgan fingerprint density at radius 3 is 1.51 bits per heavy atom. The van der Waals surface area contributed by atoms with Crippen molar-refractivity contribution < 1.29 is 42.1 Å². The van der Waals surface area contributed by atoms with Crippen LogP contribution in [0.25, 0.3) is 0 Å². The molecule has 0 heterocycles. The Balaban J connectivity index is 4.33. The van der Waals surface area contributed by atoms with Gasteiger partial charge < -0.3 is 27.9 Å². The number of likely N-dealkylation sites (N-methyl/N-ethyl adjacent to an activating group) is 1. The van der Waals surface area contributed by atoms with E-state index in [0.717, 1.165) is 57.8 Å². The van der Waals surface area contributed by atoms with Crippen LogP contribution in [-0.4, -0.2) is 70.0 Å². The summed E-state index contributed by atoms with van der Waals surface area (Å²) >= 11 is 0. The standard InChI is InChI=1S/C41H80NO8P/c1-6-8-10-12-14-16-18-19-20-21-22-24-25-27-29-31-33-40(43)47-37-39(38-49-51(45,46)48-36-35-42(3,4)5)50-41(44)34-32-30-28-26-23-17-15-13-11-9-7-2/h13,15,39H,6-12,14,16-38H2,1-5H3/b15-13-. The Bertz CT molecular complexity index is 891. The van der Waals surface area contributed by atoms with Crippen LogP contribution < -0.4 is 4.89 Å². The largest absolute Gasteiger partial charge is 0.756 e. The zero-order valence-corrected chi connectivity index (χ0v) is 34.7. The van der Waals surface area contributed by atoms with Crippen molar-refractivity contribution >= 4 is 19.8 Å². The van der Waals surface area contributed by atoms with Gasteiger partial charge in [0.25, 0.3) is 7.82 Å². The molecule has 0 aromatic heterocycles. The van der Waals surface area contributed by atoms with E-state index in [1.165, 1.54) is 96.3 Å². The molecule has 0 saturated heterocycles. The molecule has 51 heavy (non-hydrogen) atoms. The van der Waals surface area contributed by atoms with E-state index in [-0.39, 0.29) is 32.0 Å². The van der Waals surface area contributed by atoms with Gasteiger partial charge in [0.15, 0.2) is 6.10 Å². The molecule has 0 fully saturated rings. The summed E-state index contributed by atoms with van der Waals surface area (Å²) in [5.74, 6) is -0.839. The summed E-state index contributed by atoms with van der Waals surface area (Å²) in [7, 11) is 1.17.